The standard InChI is InChI=1S/C37H41ClF4N6O5S/c1-46(2)21-36(49)47(3)32-16-24(23-7-6-8-26(15-23)37(40,41)42)10-12-30(32)45-31-19-29(39)34(18-28(31)38)54(50,51)48(35-13-14-43-22-44-35)20-25-9-11-27(52-4)17-33(25)53-5/h6-9,11,13-15,17-19,22,24,30,32,45H,10,12,16,20-21H2,1-5H3/t24-,30-,32?/m0/s1. The average Bonchev–Trinajstić information content (AvgIpc) is 3.14. The summed E-state index contributed by atoms with van der Waals surface area (Å²) >= 11 is 6.70. The molecule has 0 spiro atoms. The zero-order valence-corrected chi connectivity index (χ0v) is 31.8. The highest BCUT2D eigenvalue weighted by Gasteiger charge is 2.38. The Bertz CT molecular complexity index is 2060. The van der Waals surface area contributed by atoms with Crippen LogP contribution in [0, 0.1) is 5.82 Å². The van der Waals surface area contributed by atoms with Crippen LogP contribution in [0.3, 0.4) is 0 Å². The van der Waals surface area contributed by atoms with Crippen LogP contribution >= 0.6 is 11.6 Å². The zero-order chi connectivity index (χ0) is 39.4. The van der Waals surface area contributed by atoms with Crippen LogP contribution in [0.1, 0.15) is 41.9 Å². The quantitative estimate of drug-likeness (QED) is 0.145. The predicted molar refractivity (Wildman–Crippen MR) is 197 cm³/mol. The molecule has 1 unspecified atom stereocenters. The minimum Gasteiger partial charge on any atom is -0.497 e. The van der Waals surface area contributed by atoms with Crippen molar-refractivity contribution in [2.24, 2.45) is 0 Å². The Morgan fingerprint density at radius 2 is 1.78 bits per heavy atom. The van der Waals surface area contributed by atoms with Crippen molar-refractivity contribution in [2.45, 2.75) is 54.9 Å². The van der Waals surface area contributed by atoms with E-state index in [2.05, 4.69) is 15.3 Å². The van der Waals surface area contributed by atoms with Crippen molar-refractivity contribution in [3.05, 3.63) is 101 Å². The second-order valence-electron chi connectivity index (χ2n) is 13.2. The van der Waals surface area contributed by atoms with E-state index >= 15 is 4.39 Å². The number of carbonyl (C=O) groups excluding carboxylic acids is 1. The normalized spacial score (nSPS) is 17.6. The molecule has 1 heterocycles. The molecule has 1 aliphatic carbocycles. The van der Waals surface area contributed by atoms with Gasteiger partial charge in [-0.1, -0.05) is 29.8 Å². The van der Waals surface area contributed by atoms with E-state index in [1.54, 1.807) is 55.2 Å². The van der Waals surface area contributed by atoms with Crippen molar-refractivity contribution in [2.75, 3.05) is 51.5 Å². The molecule has 0 bridgehead atoms. The van der Waals surface area contributed by atoms with Crippen molar-refractivity contribution in [3.63, 3.8) is 0 Å². The number of rotatable bonds is 13. The van der Waals surface area contributed by atoms with Crippen LogP contribution < -0.4 is 19.1 Å². The van der Waals surface area contributed by atoms with Gasteiger partial charge in [-0.05, 0) is 75.2 Å². The third-order valence-electron chi connectivity index (χ3n) is 9.40. The number of nitrogens with one attached hydrogen (secondary N) is 1. The van der Waals surface area contributed by atoms with Gasteiger partial charge in [-0.2, -0.15) is 13.2 Å². The third-order valence-corrected chi connectivity index (χ3v) is 11.5. The highest BCUT2D eigenvalue weighted by molar-refractivity contribution is 7.92. The lowest BCUT2D eigenvalue weighted by Gasteiger charge is -2.42. The molecule has 1 N–H and O–H groups in total. The Labute approximate surface area is 316 Å². The number of sulfonamides is 1. The molecule has 5 rings (SSSR count). The minimum atomic E-state index is -4.66. The summed E-state index contributed by atoms with van der Waals surface area (Å²) in [5, 5.41) is 3.11. The fourth-order valence-electron chi connectivity index (χ4n) is 6.59. The van der Waals surface area contributed by atoms with Crippen molar-refractivity contribution >= 4 is 39.0 Å². The fraction of sp³-hybridized carbons (Fsp3) is 0.378. The van der Waals surface area contributed by atoms with Crippen LogP contribution in [0.25, 0.3) is 0 Å². The highest BCUT2D eigenvalue weighted by atomic mass is 35.5. The minimum absolute atomic E-state index is 0.0357. The van der Waals surface area contributed by atoms with Gasteiger partial charge in [0.05, 0.1) is 49.6 Å². The second-order valence-corrected chi connectivity index (χ2v) is 15.5. The van der Waals surface area contributed by atoms with Crippen LogP contribution in [-0.2, 0) is 27.5 Å². The Morgan fingerprint density at radius 1 is 1.02 bits per heavy atom. The van der Waals surface area contributed by atoms with Gasteiger partial charge >= 0.3 is 6.18 Å². The first kappa shape index (κ1) is 40.5. The molecule has 3 aromatic carbocycles. The van der Waals surface area contributed by atoms with Gasteiger partial charge in [0, 0.05) is 37.0 Å². The Morgan fingerprint density at radius 3 is 2.43 bits per heavy atom. The number of amides is 1. The van der Waals surface area contributed by atoms with Crippen molar-refractivity contribution in [3.8, 4) is 11.5 Å². The number of hydrogen-bond acceptors (Lipinski definition) is 9. The van der Waals surface area contributed by atoms with Crippen LogP contribution in [0.4, 0.5) is 29.1 Å². The van der Waals surface area contributed by atoms with E-state index in [0.717, 1.165) is 34.9 Å². The number of halogens is 5. The molecule has 1 aliphatic rings. The van der Waals surface area contributed by atoms with Crippen molar-refractivity contribution in [1.82, 2.24) is 19.8 Å². The van der Waals surface area contributed by atoms with E-state index in [4.69, 9.17) is 21.1 Å². The number of anilines is 2. The van der Waals surface area contributed by atoms with E-state index in [-0.39, 0.29) is 41.4 Å². The lowest BCUT2D eigenvalue weighted by Crippen LogP contribution is -2.52. The summed E-state index contributed by atoms with van der Waals surface area (Å²) in [4.78, 5) is 23.8. The molecule has 1 amide bonds. The smallest absolute Gasteiger partial charge is 0.416 e. The number of ether oxygens (including phenoxy) is 2. The van der Waals surface area contributed by atoms with Crippen LogP contribution in [0.15, 0.2) is 78.1 Å². The maximum absolute atomic E-state index is 16.1. The molecule has 290 valence electrons. The zero-order valence-electron chi connectivity index (χ0n) is 30.3. The average molecular weight is 793 g/mol. The molecule has 17 heteroatoms. The molecule has 4 aromatic rings. The molecule has 0 aliphatic heterocycles. The molecule has 1 saturated carbocycles. The summed E-state index contributed by atoms with van der Waals surface area (Å²) in [6, 6.07) is 12.3. The first-order valence-corrected chi connectivity index (χ1v) is 18.7. The SMILES string of the molecule is COc1ccc(CN(c2ccncn2)S(=O)(=O)c2cc(Cl)c(N[C@H]3CC[C@H](c4cccc(C(F)(F)F)c4)CC3N(C)C(=O)CN(C)C)cc2F)c(OC)c1. The first-order chi connectivity index (χ1) is 25.5. The van der Waals surface area contributed by atoms with E-state index in [1.807, 2.05) is 0 Å². The number of likely N-dealkylation sites (N-methyl/N-ethyl adjacent to an activating group) is 2. The number of hydrogen-bond donors (Lipinski definition) is 1. The summed E-state index contributed by atoms with van der Waals surface area (Å²) in [5.41, 5.74) is 0.262. The largest absolute Gasteiger partial charge is 0.497 e. The number of carbonyl (C=O) groups is 1. The fourth-order valence-corrected chi connectivity index (χ4v) is 8.35. The van der Waals surface area contributed by atoms with E-state index in [9.17, 15) is 26.4 Å². The van der Waals surface area contributed by atoms with E-state index in [0.29, 0.717) is 41.9 Å². The van der Waals surface area contributed by atoms with Gasteiger partial charge in [-0.15, -0.1) is 0 Å². The van der Waals surface area contributed by atoms with Gasteiger partial charge in [0.1, 0.15) is 34.4 Å². The maximum atomic E-state index is 16.1. The van der Waals surface area contributed by atoms with Gasteiger partial charge in [0.25, 0.3) is 10.0 Å². The summed E-state index contributed by atoms with van der Waals surface area (Å²) in [6.45, 7) is -0.213. The number of nitrogens with zero attached hydrogens (tertiary/aromatic N) is 5. The number of methoxy groups -OCH3 is 2. The lowest BCUT2D eigenvalue weighted by atomic mass is 9.77. The highest BCUT2D eigenvalue weighted by Crippen LogP contribution is 2.40. The Balaban J connectivity index is 1.47. The van der Waals surface area contributed by atoms with E-state index in [1.165, 1.54) is 32.5 Å². The third kappa shape index (κ3) is 9.16. The molecule has 0 saturated heterocycles. The molecule has 1 aromatic heterocycles. The van der Waals surface area contributed by atoms with Crippen LogP contribution in [0.5, 0.6) is 11.5 Å². The lowest BCUT2D eigenvalue weighted by molar-refractivity contribution is -0.137. The van der Waals surface area contributed by atoms with Gasteiger partial charge < -0.3 is 24.6 Å². The molecule has 11 nitrogen and oxygen atoms in total. The Kier molecular flexibility index (Phi) is 12.6. The second kappa shape index (κ2) is 16.8. The van der Waals surface area contributed by atoms with Crippen LogP contribution in [-0.4, -0.2) is 88.1 Å². The van der Waals surface area contributed by atoms with Crippen molar-refractivity contribution < 1.29 is 40.2 Å². The molecular formula is C37H41ClF4N6O5S. The monoisotopic (exact) mass is 792 g/mol. The Hall–Kier alpha value is -4.67. The molecule has 54 heavy (non-hydrogen) atoms. The summed E-state index contributed by atoms with van der Waals surface area (Å²) in [7, 11) is 3.34. The summed E-state index contributed by atoms with van der Waals surface area (Å²) < 4.78 is 97.0. The first-order valence-electron chi connectivity index (χ1n) is 16.9. The molecular weight excluding hydrogens is 752 g/mol. The maximum Gasteiger partial charge on any atom is 0.416 e. The number of benzene rings is 3. The van der Waals surface area contributed by atoms with E-state index < -0.39 is 44.6 Å². The molecule has 0 radical (unpaired) electrons. The topological polar surface area (TPSA) is 117 Å². The van der Waals surface area contributed by atoms with Gasteiger partial charge in [-0.25, -0.2) is 27.1 Å². The van der Waals surface area contributed by atoms with Gasteiger partial charge in [0.2, 0.25) is 5.91 Å². The van der Waals surface area contributed by atoms with Gasteiger partial charge in [0.15, 0.2) is 0 Å². The van der Waals surface area contributed by atoms with Crippen molar-refractivity contribution in [1.29, 1.82) is 0 Å². The molecule has 1 fully saturated rings. The van der Waals surface area contributed by atoms with Crippen LogP contribution in [0.2, 0.25) is 5.02 Å². The summed E-state index contributed by atoms with van der Waals surface area (Å²) in [6.07, 6.45) is -0.844. The number of alkyl halides is 3. The number of aromatic nitrogens is 2. The van der Waals surface area contributed by atoms with Gasteiger partial charge in [-0.3, -0.25) is 4.79 Å². The molecule has 3 atom stereocenters. The predicted octanol–water partition coefficient (Wildman–Crippen LogP) is 6.84. The summed E-state index contributed by atoms with van der Waals surface area (Å²) in [5.74, 6) is -0.860.